The molecule has 104 valence electrons. The van der Waals surface area contributed by atoms with Crippen LogP contribution in [0, 0.1) is 11.3 Å². The highest BCUT2D eigenvalue weighted by atomic mass is 16.5. The van der Waals surface area contributed by atoms with Crippen molar-refractivity contribution in [1.29, 1.82) is 5.26 Å². The summed E-state index contributed by atoms with van der Waals surface area (Å²) in [7, 11) is 0. The van der Waals surface area contributed by atoms with Crippen LogP contribution in [0.5, 0.6) is 5.75 Å². The van der Waals surface area contributed by atoms with Crippen molar-refractivity contribution in [2.24, 2.45) is 0 Å². The smallest absolute Gasteiger partial charge is 0.213 e. The van der Waals surface area contributed by atoms with Gasteiger partial charge < -0.3 is 19.7 Å². The van der Waals surface area contributed by atoms with Crippen molar-refractivity contribution < 1.29 is 14.4 Å². The zero-order valence-corrected chi connectivity index (χ0v) is 10.7. The molecule has 1 atom stereocenters. The summed E-state index contributed by atoms with van der Waals surface area (Å²) in [6.07, 6.45) is 0.596. The molecule has 1 aromatic carbocycles. The summed E-state index contributed by atoms with van der Waals surface area (Å²) < 4.78 is 9.99. The first-order valence-corrected chi connectivity index (χ1v) is 6.05. The van der Waals surface area contributed by atoms with Crippen molar-refractivity contribution in [3.63, 3.8) is 0 Å². The molecule has 0 bridgehead atoms. The number of ether oxygens (including phenoxy) is 1. The van der Waals surface area contributed by atoms with E-state index in [1.165, 1.54) is 6.39 Å². The van der Waals surface area contributed by atoms with Gasteiger partial charge in [-0.2, -0.15) is 10.2 Å². The fraction of sp³-hybridized carbons (Fsp3) is 0.308. The van der Waals surface area contributed by atoms with Crippen LogP contribution in [-0.4, -0.2) is 34.5 Å². The SMILES string of the molecule is N#Cc1ccc(OCC(O)CNCc2ncon2)cc1. The third-order valence-electron chi connectivity index (χ3n) is 2.50. The molecule has 2 N–H and O–H groups in total. The van der Waals surface area contributed by atoms with Gasteiger partial charge in [-0.05, 0) is 24.3 Å². The summed E-state index contributed by atoms with van der Waals surface area (Å²) in [5, 5.41) is 25.0. The second-order valence-corrected chi connectivity index (χ2v) is 4.08. The van der Waals surface area contributed by atoms with E-state index in [4.69, 9.17) is 10.00 Å². The minimum Gasteiger partial charge on any atom is -0.491 e. The minimum atomic E-state index is -0.655. The fourth-order valence-electron chi connectivity index (χ4n) is 1.50. The van der Waals surface area contributed by atoms with Crippen LogP contribution in [0.4, 0.5) is 0 Å². The maximum atomic E-state index is 9.74. The summed E-state index contributed by atoms with van der Waals surface area (Å²) in [6, 6.07) is 8.74. The molecule has 1 heterocycles. The maximum Gasteiger partial charge on any atom is 0.213 e. The lowest BCUT2D eigenvalue weighted by atomic mass is 10.2. The average molecular weight is 274 g/mol. The molecule has 0 saturated heterocycles. The van der Waals surface area contributed by atoms with Crippen LogP contribution in [0.1, 0.15) is 11.4 Å². The zero-order valence-electron chi connectivity index (χ0n) is 10.7. The van der Waals surface area contributed by atoms with Gasteiger partial charge in [0.25, 0.3) is 0 Å². The molecule has 0 radical (unpaired) electrons. The van der Waals surface area contributed by atoms with Gasteiger partial charge in [0, 0.05) is 6.54 Å². The summed E-state index contributed by atoms with van der Waals surface area (Å²) in [5.41, 5.74) is 0.569. The lowest BCUT2D eigenvalue weighted by molar-refractivity contribution is 0.106. The fourth-order valence-corrected chi connectivity index (χ4v) is 1.50. The number of aliphatic hydroxyl groups is 1. The van der Waals surface area contributed by atoms with E-state index in [1.54, 1.807) is 24.3 Å². The lowest BCUT2D eigenvalue weighted by Gasteiger charge is -2.12. The molecule has 0 spiro atoms. The Hall–Kier alpha value is -2.43. The predicted molar refractivity (Wildman–Crippen MR) is 68.7 cm³/mol. The number of nitrogens with one attached hydrogen (secondary N) is 1. The van der Waals surface area contributed by atoms with Gasteiger partial charge in [-0.25, -0.2) is 0 Å². The topological polar surface area (TPSA) is 104 Å². The van der Waals surface area contributed by atoms with E-state index in [1.807, 2.05) is 6.07 Å². The van der Waals surface area contributed by atoms with Crippen molar-refractivity contribution in [2.45, 2.75) is 12.6 Å². The highest BCUT2D eigenvalue weighted by Gasteiger charge is 2.06. The molecule has 20 heavy (non-hydrogen) atoms. The van der Waals surface area contributed by atoms with Crippen LogP contribution in [-0.2, 0) is 6.54 Å². The summed E-state index contributed by atoms with van der Waals surface area (Å²) in [6.45, 7) is 0.931. The minimum absolute atomic E-state index is 0.158. The van der Waals surface area contributed by atoms with Crippen LogP contribution in [0.25, 0.3) is 0 Å². The number of rotatable bonds is 7. The largest absolute Gasteiger partial charge is 0.491 e. The number of nitriles is 1. The van der Waals surface area contributed by atoms with Crippen molar-refractivity contribution in [2.75, 3.05) is 13.2 Å². The first-order chi connectivity index (χ1) is 9.78. The van der Waals surface area contributed by atoms with Gasteiger partial charge in [-0.3, -0.25) is 0 Å². The Balaban J connectivity index is 1.66. The standard InChI is InChI=1S/C13H14N4O3/c14-5-10-1-3-12(4-2-10)19-8-11(18)6-15-7-13-16-9-20-17-13/h1-4,9,11,15,18H,6-8H2. The molecule has 0 fully saturated rings. The quantitative estimate of drug-likeness (QED) is 0.756. The van der Waals surface area contributed by atoms with E-state index in [0.29, 0.717) is 30.2 Å². The summed E-state index contributed by atoms with van der Waals surface area (Å²) >= 11 is 0. The molecule has 7 heteroatoms. The first-order valence-electron chi connectivity index (χ1n) is 6.05. The highest BCUT2D eigenvalue weighted by molar-refractivity contribution is 5.34. The van der Waals surface area contributed by atoms with Crippen molar-refractivity contribution >= 4 is 0 Å². The molecule has 0 aliphatic carbocycles. The molecular formula is C13H14N4O3. The van der Waals surface area contributed by atoms with Crippen molar-refractivity contribution in [3.8, 4) is 11.8 Å². The predicted octanol–water partition coefficient (Wildman–Crippen LogP) is 0.471. The van der Waals surface area contributed by atoms with Crippen LogP contribution < -0.4 is 10.1 Å². The molecule has 2 aromatic rings. The number of hydrogen-bond donors (Lipinski definition) is 2. The van der Waals surface area contributed by atoms with Gasteiger partial charge in [0.1, 0.15) is 18.5 Å². The van der Waals surface area contributed by atoms with E-state index >= 15 is 0 Å². The molecule has 7 nitrogen and oxygen atoms in total. The Labute approximate surface area is 115 Å². The van der Waals surface area contributed by atoms with Gasteiger partial charge in [0.05, 0.1) is 18.2 Å². The van der Waals surface area contributed by atoms with Gasteiger partial charge >= 0.3 is 0 Å². The van der Waals surface area contributed by atoms with Crippen molar-refractivity contribution in [1.82, 2.24) is 15.5 Å². The summed E-state index contributed by atoms with van der Waals surface area (Å²) in [5.74, 6) is 1.14. The number of aliphatic hydroxyl groups excluding tert-OH is 1. The highest BCUT2D eigenvalue weighted by Crippen LogP contribution is 2.11. The van der Waals surface area contributed by atoms with E-state index in [0.717, 1.165) is 0 Å². The van der Waals surface area contributed by atoms with E-state index in [2.05, 4.69) is 20.0 Å². The Morgan fingerprint density at radius 3 is 2.85 bits per heavy atom. The Kier molecular flexibility index (Phi) is 5.06. The number of hydrogen-bond acceptors (Lipinski definition) is 7. The van der Waals surface area contributed by atoms with E-state index in [-0.39, 0.29) is 6.61 Å². The zero-order chi connectivity index (χ0) is 14.2. The molecule has 0 aliphatic heterocycles. The molecule has 1 aromatic heterocycles. The normalized spacial score (nSPS) is 11.8. The molecule has 1 unspecified atom stereocenters. The van der Waals surface area contributed by atoms with Crippen molar-refractivity contribution in [3.05, 3.63) is 42.0 Å². The number of benzene rings is 1. The average Bonchev–Trinajstić information content (AvgIpc) is 2.99. The number of aromatic nitrogens is 2. The third kappa shape index (κ3) is 4.35. The van der Waals surface area contributed by atoms with Gasteiger partial charge in [0.2, 0.25) is 6.39 Å². The third-order valence-corrected chi connectivity index (χ3v) is 2.50. The van der Waals surface area contributed by atoms with E-state index in [9.17, 15) is 5.11 Å². The van der Waals surface area contributed by atoms with E-state index < -0.39 is 6.10 Å². The van der Waals surface area contributed by atoms with Crippen LogP contribution in [0.3, 0.4) is 0 Å². The maximum absolute atomic E-state index is 9.74. The summed E-state index contributed by atoms with van der Waals surface area (Å²) in [4.78, 5) is 3.84. The number of nitrogens with zero attached hydrogens (tertiary/aromatic N) is 3. The van der Waals surface area contributed by atoms with Crippen LogP contribution in [0.15, 0.2) is 35.2 Å². The molecule has 0 aliphatic rings. The first kappa shape index (κ1) is 14.0. The molecule has 0 saturated carbocycles. The lowest BCUT2D eigenvalue weighted by Crippen LogP contribution is -2.31. The molecule has 0 amide bonds. The van der Waals surface area contributed by atoms with Crippen LogP contribution >= 0.6 is 0 Å². The molecule has 2 rings (SSSR count). The molecular weight excluding hydrogens is 260 g/mol. The van der Waals surface area contributed by atoms with Crippen LogP contribution in [0.2, 0.25) is 0 Å². The monoisotopic (exact) mass is 274 g/mol. The second-order valence-electron chi connectivity index (χ2n) is 4.08. The van der Waals surface area contributed by atoms with Gasteiger partial charge in [0.15, 0.2) is 5.82 Å². The Morgan fingerprint density at radius 2 is 2.20 bits per heavy atom. The Morgan fingerprint density at radius 1 is 1.40 bits per heavy atom. The van der Waals surface area contributed by atoms with Gasteiger partial charge in [-0.15, -0.1) is 0 Å². The second kappa shape index (κ2) is 7.23. The van der Waals surface area contributed by atoms with Gasteiger partial charge in [-0.1, -0.05) is 5.16 Å². The Bertz CT molecular complexity index is 548.